The van der Waals surface area contributed by atoms with E-state index in [0.29, 0.717) is 42.8 Å². The van der Waals surface area contributed by atoms with Crippen molar-refractivity contribution in [1.82, 2.24) is 9.80 Å². The third-order valence-corrected chi connectivity index (χ3v) is 6.59. The molecule has 0 saturated carbocycles. The number of morpholine rings is 1. The van der Waals surface area contributed by atoms with Crippen molar-refractivity contribution < 1.29 is 19.4 Å². The van der Waals surface area contributed by atoms with E-state index in [-0.39, 0.29) is 11.3 Å². The summed E-state index contributed by atoms with van der Waals surface area (Å²) in [4.78, 5) is 30.1. The molecule has 2 aliphatic heterocycles. The van der Waals surface area contributed by atoms with Crippen LogP contribution in [0, 0.1) is 0 Å². The minimum Gasteiger partial charge on any atom is -0.507 e. The predicted molar refractivity (Wildman–Crippen MR) is 128 cm³/mol. The SMILES string of the molecule is CC(C)c1ccc([C@@H]2/C(=C(\O)c3ccc(Cl)cc3)C(=O)C(=O)N2CCN2CCOCC2)cc1. The first-order valence-corrected chi connectivity index (χ1v) is 11.7. The maximum Gasteiger partial charge on any atom is 0.295 e. The first kappa shape index (κ1) is 23.5. The zero-order chi connectivity index (χ0) is 23.5. The molecule has 1 N–H and O–H groups in total. The number of aliphatic hydroxyl groups is 1. The van der Waals surface area contributed by atoms with Gasteiger partial charge in [0.2, 0.25) is 0 Å². The number of ketones is 1. The van der Waals surface area contributed by atoms with E-state index in [1.165, 1.54) is 5.56 Å². The molecule has 2 fully saturated rings. The molecular formula is C26H29ClN2O4. The number of likely N-dealkylation sites (tertiary alicyclic amines) is 1. The van der Waals surface area contributed by atoms with Gasteiger partial charge < -0.3 is 14.7 Å². The Morgan fingerprint density at radius 1 is 1.03 bits per heavy atom. The number of halogens is 1. The number of benzene rings is 2. The molecule has 0 bridgehead atoms. The van der Waals surface area contributed by atoms with Crippen LogP contribution in [-0.2, 0) is 14.3 Å². The fraction of sp³-hybridized carbons (Fsp3) is 0.385. The fourth-order valence-corrected chi connectivity index (χ4v) is 4.48. The summed E-state index contributed by atoms with van der Waals surface area (Å²) in [7, 11) is 0. The van der Waals surface area contributed by atoms with Gasteiger partial charge in [-0.15, -0.1) is 0 Å². The Morgan fingerprint density at radius 3 is 2.27 bits per heavy atom. The van der Waals surface area contributed by atoms with Crippen LogP contribution in [0.15, 0.2) is 54.1 Å². The van der Waals surface area contributed by atoms with Crippen LogP contribution >= 0.6 is 11.6 Å². The van der Waals surface area contributed by atoms with Gasteiger partial charge in [0, 0.05) is 36.8 Å². The summed E-state index contributed by atoms with van der Waals surface area (Å²) >= 11 is 5.99. The molecule has 2 aromatic carbocycles. The lowest BCUT2D eigenvalue weighted by Crippen LogP contribution is -2.42. The molecule has 1 amide bonds. The molecule has 0 unspecified atom stereocenters. The molecule has 0 radical (unpaired) electrons. The van der Waals surface area contributed by atoms with E-state index in [0.717, 1.165) is 18.7 Å². The van der Waals surface area contributed by atoms with Crippen LogP contribution in [-0.4, -0.2) is 66.0 Å². The van der Waals surface area contributed by atoms with Crippen molar-refractivity contribution in [3.8, 4) is 0 Å². The summed E-state index contributed by atoms with van der Waals surface area (Å²) < 4.78 is 5.41. The van der Waals surface area contributed by atoms with Crippen LogP contribution in [0.25, 0.3) is 5.76 Å². The van der Waals surface area contributed by atoms with Crippen molar-refractivity contribution in [2.24, 2.45) is 0 Å². The van der Waals surface area contributed by atoms with Gasteiger partial charge in [-0.05, 0) is 41.3 Å². The van der Waals surface area contributed by atoms with Crippen LogP contribution in [0.2, 0.25) is 5.02 Å². The molecule has 0 spiro atoms. The van der Waals surface area contributed by atoms with Crippen LogP contribution in [0.3, 0.4) is 0 Å². The van der Waals surface area contributed by atoms with Gasteiger partial charge in [-0.3, -0.25) is 14.5 Å². The zero-order valence-corrected chi connectivity index (χ0v) is 19.7. The van der Waals surface area contributed by atoms with Crippen LogP contribution < -0.4 is 0 Å². The van der Waals surface area contributed by atoms with E-state index in [1.807, 2.05) is 24.3 Å². The number of rotatable bonds is 6. The van der Waals surface area contributed by atoms with Gasteiger partial charge in [0.05, 0.1) is 24.8 Å². The number of Topliss-reactive ketones (excluding diaryl/α,β-unsaturated/α-hetero) is 1. The zero-order valence-electron chi connectivity index (χ0n) is 19.0. The second kappa shape index (κ2) is 10.1. The van der Waals surface area contributed by atoms with Gasteiger partial charge in [0.15, 0.2) is 0 Å². The quantitative estimate of drug-likeness (QED) is 0.390. The summed E-state index contributed by atoms with van der Waals surface area (Å²) in [5.41, 5.74) is 2.54. The Labute approximate surface area is 199 Å². The number of carbonyl (C=O) groups excluding carboxylic acids is 2. The minimum atomic E-state index is -0.664. The number of nitrogens with zero attached hydrogens (tertiary/aromatic N) is 2. The highest BCUT2D eigenvalue weighted by Crippen LogP contribution is 2.39. The van der Waals surface area contributed by atoms with Gasteiger partial charge in [0.1, 0.15) is 5.76 Å². The van der Waals surface area contributed by atoms with E-state index in [9.17, 15) is 14.7 Å². The number of hydrogen-bond acceptors (Lipinski definition) is 5. The van der Waals surface area contributed by atoms with Crippen molar-refractivity contribution in [2.75, 3.05) is 39.4 Å². The molecule has 0 aromatic heterocycles. The summed E-state index contributed by atoms with van der Waals surface area (Å²) in [5.74, 6) is -1.07. The average Bonchev–Trinajstić information content (AvgIpc) is 3.08. The van der Waals surface area contributed by atoms with Gasteiger partial charge in [-0.1, -0.05) is 49.7 Å². The molecule has 4 rings (SSSR count). The lowest BCUT2D eigenvalue weighted by atomic mass is 9.93. The monoisotopic (exact) mass is 468 g/mol. The van der Waals surface area contributed by atoms with Crippen molar-refractivity contribution >= 4 is 29.1 Å². The molecular weight excluding hydrogens is 440 g/mol. The lowest BCUT2D eigenvalue weighted by molar-refractivity contribution is -0.140. The molecule has 174 valence electrons. The summed E-state index contributed by atoms with van der Waals surface area (Å²) in [6.45, 7) is 8.17. The second-order valence-electron chi connectivity index (χ2n) is 8.77. The van der Waals surface area contributed by atoms with Crippen LogP contribution in [0.4, 0.5) is 0 Å². The van der Waals surface area contributed by atoms with E-state index in [4.69, 9.17) is 16.3 Å². The molecule has 33 heavy (non-hydrogen) atoms. The maximum absolute atomic E-state index is 13.1. The van der Waals surface area contributed by atoms with Gasteiger partial charge in [-0.2, -0.15) is 0 Å². The number of aliphatic hydroxyl groups excluding tert-OH is 1. The summed E-state index contributed by atoms with van der Waals surface area (Å²) in [6.07, 6.45) is 0. The van der Waals surface area contributed by atoms with E-state index in [2.05, 4.69) is 18.7 Å². The highest BCUT2D eigenvalue weighted by atomic mass is 35.5. The smallest absolute Gasteiger partial charge is 0.295 e. The fourth-order valence-electron chi connectivity index (χ4n) is 4.36. The minimum absolute atomic E-state index is 0.113. The Hall–Kier alpha value is -2.67. The normalized spacial score (nSPS) is 21.2. The third kappa shape index (κ3) is 4.98. The Balaban J connectivity index is 1.73. The second-order valence-corrected chi connectivity index (χ2v) is 9.21. The van der Waals surface area contributed by atoms with E-state index in [1.54, 1.807) is 29.2 Å². The Kier molecular flexibility index (Phi) is 7.17. The summed E-state index contributed by atoms with van der Waals surface area (Å²) in [6, 6.07) is 13.9. The molecule has 7 heteroatoms. The van der Waals surface area contributed by atoms with Crippen molar-refractivity contribution in [3.63, 3.8) is 0 Å². The molecule has 2 aliphatic rings. The molecule has 1 atom stereocenters. The summed E-state index contributed by atoms with van der Waals surface area (Å²) in [5, 5.41) is 11.6. The van der Waals surface area contributed by atoms with Crippen molar-refractivity contribution in [3.05, 3.63) is 75.8 Å². The molecule has 2 saturated heterocycles. The molecule has 2 heterocycles. The van der Waals surface area contributed by atoms with Gasteiger partial charge in [-0.25, -0.2) is 0 Å². The number of carbonyl (C=O) groups is 2. The van der Waals surface area contributed by atoms with E-state index < -0.39 is 17.7 Å². The van der Waals surface area contributed by atoms with Gasteiger partial charge >= 0.3 is 0 Å². The lowest BCUT2D eigenvalue weighted by Gasteiger charge is -2.31. The highest BCUT2D eigenvalue weighted by molar-refractivity contribution is 6.46. The van der Waals surface area contributed by atoms with Crippen LogP contribution in [0.1, 0.15) is 42.5 Å². The first-order chi connectivity index (χ1) is 15.9. The maximum atomic E-state index is 13.1. The van der Waals surface area contributed by atoms with Crippen LogP contribution in [0.5, 0.6) is 0 Å². The Morgan fingerprint density at radius 2 is 1.67 bits per heavy atom. The molecule has 2 aromatic rings. The predicted octanol–water partition coefficient (Wildman–Crippen LogP) is 4.22. The largest absolute Gasteiger partial charge is 0.507 e. The number of ether oxygens (including phenoxy) is 1. The standard InChI is InChI=1S/C26H29ClN2O4/c1-17(2)18-3-5-19(6-4-18)23-22(24(30)20-7-9-21(27)10-8-20)25(31)26(32)29(23)12-11-28-13-15-33-16-14-28/h3-10,17,23,30H,11-16H2,1-2H3/b24-22+/t23-/m1/s1. The van der Waals surface area contributed by atoms with Crippen molar-refractivity contribution in [2.45, 2.75) is 25.8 Å². The van der Waals surface area contributed by atoms with Gasteiger partial charge in [0.25, 0.3) is 11.7 Å². The van der Waals surface area contributed by atoms with E-state index >= 15 is 0 Å². The number of amides is 1. The average molecular weight is 469 g/mol. The Bertz CT molecular complexity index is 1040. The highest BCUT2D eigenvalue weighted by Gasteiger charge is 2.46. The third-order valence-electron chi connectivity index (χ3n) is 6.34. The first-order valence-electron chi connectivity index (χ1n) is 11.3. The molecule has 0 aliphatic carbocycles. The molecule has 6 nitrogen and oxygen atoms in total. The topological polar surface area (TPSA) is 70.1 Å². The van der Waals surface area contributed by atoms with Crippen molar-refractivity contribution in [1.29, 1.82) is 0 Å². The number of hydrogen-bond donors (Lipinski definition) is 1.